The average molecular weight is 346 g/mol. The normalized spacial score (nSPS) is 22.2. The quantitative estimate of drug-likeness (QED) is 0.922. The van der Waals surface area contributed by atoms with Crippen LogP contribution in [-0.2, 0) is 0 Å². The lowest BCUT2D eigenvalue weighted by atomic mass is 9.93. The first-order chi connectivity index (χ1) is 11.8. The zero-order valence-corrected chi connectivity index (χ0v) is 13.9. The summed E-state index contributed by atoms with van der Waals surface area (Å²) in [6, 6.07) is 7.61. The summed E-state index contributed by atoms with van der Waals surface area (Å²) in [6.07, 6.45) is 5.49. The van der Waals surface area contributed by atoms with Crippen LogP contribution in [0.5, 0.6) is 17.2 Å². The van der Waals surface area contributed by atoms with Crippen molar-refractivity contribution in [3.63, 3.8) is 0 Å². The van der Waals surface area contributed by atoms with E-state index >= 15 is 0 Å². The van der Waals surface area contributed by atoms with E-state index in [2.05, 4.69) is 9.69 Å². The fourth-order valence-corrected chi connectivity index (χ4v) is 3.56. The highest BCUT2D eigenvalue weighted by Gasteiger charge is 2.25. The lowest BCUT2D eigenvalue weighted by molar-refractivity contribution is 0.0897. The van der Waals surface area contributed by atoms with Crippen LogP contribution >= 0.6 is 11.5 Å². The molecule has 1 aliphatic carbocycles. The highest BCUT2D eigenvalue weighted by molar-refractivity contribution is 7.08. The van der Waals surface area contributed by atoms with Gasteiger partial charge in [-0.2, -0.15) is 0 Å². The van der Waals surface area contributed by atoms with Crippen molar-refractivity contribution in [3.8, 4) is 17.2 Å². The predicted molar refractivity (Wildman–Crippen MR) is 88.8 cm³/mol. The first-order valence-corrected chi connectivity index (χ1v) is 8.83. The zero-order valence-electron chi connectivity index (χ0n) is 13.1. The lowest BCUT2D eigenvalue weighted by Crippen LogP contribution is -2.39. The number of hydrogen-bond acceptors (Lipinski definition) is 6. The molecule has 126 valence electrons. The maximum Gasteiger partial charge on any atom is 0.263 e. The molecule has 6 nitrogen and oxygen atoms in total. The van der Waals surface area contributed by atoms with Crippen molar-refractivity contribution >= 4 is 17.4 Å². The van der Waals surface area contributed by atoms with Crippen LogP contribution < -0.4 is 19.5 Å². The third-order valence-corrected chi connectivity index (χ3v) is 5.06. The average Bonchev–Trinajstić information content (AvgIpc) is 3.27. The van der Waals surface area contributed by atoms with Gasteiger partial charge in [-0.1, -0.05) is 0 Å². The molecule has 1 aromatic heterocycles. The minimum atomic E-state index is -0.0300. The van der Waals surface area contributed by atoms with Gasteiger partial charge in [-0.15, -0.1) is 0 Å². The van der Waals surface area contributed by atoms with Gasteiger partial charge in [0.2, 0.25) is 6.79 Å². The molecule has 1 saturated carbocycles. The maximum atomic E-state index is 12.1. The summed E-state index contributed by atoms with van der Waals surface area (Å²) in [6.45, 7) is 0.267. The fraction of sp³-hybridized carbons (Fsp3) is 0.412. The van der Waals surface area contributed by atoms with Gasteiger partial charge in [0.25, 0.3) is 5.91 Å². The summed E-state index contributed by atoms with van der Waals surface area (Å²) in [5.74, 6) is 2.27. The van der Waals surface area contributed by atoms with E-state index in [0.29, 0.717) is 4.88 Å². The molecule has 24 heavy (non-hydrogen) atoms. The topological polar surface area (TPSA) is 69.7 Å². The second-order valence-electron chi connectivity index (χ2n) is 5.96. The Kier molecular flexibility index (Phi) is 4.25. The molecule has 0 unspecified atom stereocenters. The monoisotopic (exact) mass is 346 g/mol. The van der Waals surface area contributed by atoms with E-state index in [0.717, 1.165) is 42.9 Å². The summed E-state index contributed by atoms with van der Waals surface area (Å²) in [4.78, 5) is 12.7. The van der Waals surface area contributed by atoms with Gasteiger partial charge in [0, 0.05) is 18.3 Å². The molecule has 0 bridgehead atoms. The molecule has 1 aliphatic heterocycles. The van der Waals surface area contributed by atoms with E-state index in [1.807, 2.05) is 18.2 Å². The van der Waals surface area contributed by atoms with Gasteiger partial charge in [0.15, 0.2) is 11.5 Å². The Labute approximate surface area is 143 Å². The Balaban J connectivity index is 1.28. The molecule has 2 aliphatic rings. The molecule has 2 heterocycles. The molecule has 0 spiro atoms. The molecule has 1 amide bonds. The number of carbonyl (C=O) groups excluding carboxylic acids is 1. The minimum absolute atomic E-state index is 0.0300. The number of carbonyl (C=O) groups is 1. The largest absolute Gasteiger partial charge is 0.490 e. The smallest absolute Gasteiger partial charge is 0.263 e. The number of ether oxygens (including phenoxy) is 3. The first kappa shape index (κ1) is 15.3. The zero-order chi connectivity index (χ0) is 16.4. The molecule has 7 heteroatoms. The first-order valence-electron chi connectivity index (χ1n) is 8.06. The summed E-state index contributed by atoms with van der Waals surface area (Å²) in [5.41, 5.74) is 0. The van der Waals surface area contributed by atoms with Crippen molar-refractivity contribution in [1.82, 2.24) is 9.69 Å². The van der Waals surface area contributed by atoms with Crippen molar-refractivity contribution in [1.29, 1.82) is 0 Å². The van der Waals surface area contributed by atoms with Crippen molar-refractivity contribution in [2.24, 2.45) is 0 Å². The molecule has 1 fully saturated rings. The standard InChI is InChI=1S/C17H18N2O4S/c20-17(16-7-8-18-24-16)19-11-1-3-12(4-2-11)23-13-5-6-14-15(9-13)22-10-21-14/h5-9,11-12H,1-4,10H2,(H,19,20). The number of benzene rings is 1. The number of rotatable bonds is 4. The SMILES string of the molecule is O=C(NC1CCC(Oc2ccc3c(c2)OCO3)CC1)c1ccns1. The van der Waals surface area contributed by atoms with E-state index < -0.39 is 0 Å². The van der Waals surface area contributed by atoms with Gasteiger partial charge in [-0.3, -0.25) is 4.79 Å². The van der Waals surface area contributed by atoms with E-state index in [4.69, 9.17) is 14.2 Å². The third-order valence-electron chi connectivity index (χ3n) is 4.32. The van der Waals surface area contributed by atoms with Crippen LogP contribution in [-0.4, -0.2) is 29.2 Å². The van der Waals surface area contributed by atoms with Crippen LogP contribution in [0.1, 0.15) is 35.4 Å². The molecule has 1 N–H and O–H groups in total. The Morgan fingerprint density at radius 3 is 2.79 bits per heavy atom. The van der Waals surface area contributed by atoms with Gasteiger partial charge in [-0.25, -0.2) is 4.37 Å². The van der Waals surface area contributed by atoms with E-state index in [9.17, 15) is 4.79 Å². The Morgan fingerprint density at radius 1 is 1.17 bits per heavy atom. The van der Waals surface area contributed by atoms with Gasteiger partial charge >= 0.3 is 0 Å². The molecule has 0 atom stereocenters. The van der Waals surface area contributed by atoms with Crippen LogP contribution in [0.2, 0.25) is 0 Å². The Morgan fingerprint density at radius 2 is 2.00 bits per heavy atom. The van der Waals surface area contributed by atoms with Gasteiger partial charge < -0.3 is 19.5 Å². The number of aromatic nitrogens is 1. The van der Waals surface area contributed by atoms with E-state index in [1.165, 1.54) is 11.5 Å². The number of fused-ring (bicyclic) bond motifs is 1. The highest BCUT2D eigenvalue weighted by Crippen LogP contribution is 2.36. The van der Waals surface area contributed by atoms with Gasteiger partial charge in [0.05, 0.1) is 6.10 Å². The number of nitrogens with zero attached hydrogens (tertiary/aromatic N) is 1. The molecule has 4 rings (SSSR count). The summed E-state index contributed by atoms with van der Waals surface area (Å²) in [7, 11) is 0. The molecular weight excluding hydrogens is 328 g/mol. The van der Waals surface area contributed by atoms with Crippen LogP contribution in [0.3, 0.4) is 0 Å². The van der Waals surface area contributed by atoms with Gasteiger partial charge in [-0.05, 0) is 55.4 Å². The Hall–Kier alpha value is -2.28. The van der Waals surface area contributed by atoms with Crippen LogP contribution in [0.25, 0.3) is 0 Å². The number of nitrogens with one attached hydrogen (secondary N) is 1. The second-order valence-corrected chi connectivity index (χ2v) is 6.79. The lowest BCUT2D eigenvalue weighted by Gasteiger charge is -2.29. The second kappa shape index (κ2) is 6.68. The number of hydrogen-bond donors (Lipinski definition) is 1. The summed E-state index contributed by atoms with van der Waals surface area (Å²) >= 11 is 1.22. The third kappa shape index (κ3) is 3.31. The molecule has 0 radical (unpaired) electrons. The van der Waals surface area contributed by atoms with Crippen molar-refractivity contribution < 1.29 is 19.0 Å². The number of amides is 1. The summed E-state index contributed by atoms with van der Waals surface area (Å²) in [5, 5.41) is 3.08. The fourth-order valence-electron chi connectivity index (χ4n) is 3.06. The van der Waals surface area contributed by atoms with Crippen molar-refractivity contribution in [2.45, 2.75) is 37.8 Å². The van der Waals surface area contributed by atoms with Crippen molar-refractivity contribution in [2.75, 3.05) is 6.79 Å². The maximum absolute atomic E-state index is 12.1. The van der Waals surface area contributed by atoms with Crippen molar-refractivity contribution in [3.05, 3.63) is 35.3 Å². The molecule has 0 saturated heterocycles. The Bertz CT molecular complexity index is 711. The molecule has 1 aromatic carbocycles. The minimum Gasteiger partial charge on any atom is -0.490 e. The van der Waals surface area contributed by atoms with Crippen LogP contribution in [0.15, 0.2) is 30.5 Å². The van der Waals surface area contributed by atoms with E-state index in [1.54, 1.807) is 12.3 Å². The highest BCUT2D eigenvalue weighted by atomic mass is 32.1. The molecule has 2 aromatic rings. The van der Waals surface area contributed by atoms with Crippen LogP contribution in [0.4, 0.5) is 0 Å². The summed E-state index contributed by atoms with van der Waals surface area (Å²) < 4.78 is 20.7. The molecular formula is C17H18N2O4S. The van der Waals surface area contributed by atoms with E-state index in [-0.39, 0.29) is 24.8 Å². The van der Waals surface area contributed by atoms with Gasteiger partial charge in [0.1, 0.15) is 10.6 Å². The predicted octanol–water partition coefficient (Wildman–Crippen LogP) is 2.99. The van der Waals surface area contributed by atoms with Crippen LogP contribution in [0, 0.1) is 0 Å².